The summed E-state index contributed by atoms with van der Waals surface area (Å²) in [7, 11) is 0. The molecule has 0 saturated carbocycles. The maximum absolute atomic E-state index is 6.47. The smallest absolute Gasteiger partial charge is 0.0409 e. The summed E-state index contributed by atoms with van der Waals surface area (Å²) in [6, 6.07) is 20.0. The first-order valence-electron chi connectivity index (χ1n) is 11.2. The number of piperidine rings is 1. The van der Waals surface area contributed by atoms with Crippen molar-refractivity contribution in [2.24, 2.45) is 5.92 Å². The number of hydrogen-bond donors (Lipinski definition) is 0. The minimum absolute atomic E-state index is 0.109. The van der Waals surface area contributed by atoms with Gasteiger partial charge in [-0.1, -0.05) is 48.0 Å². The van der Waals surface area contributed by atoms with E-state index in [2.05, 4.69) is 64.5 Å². The van der Waals surface area contributed by atoms with E-state index in [1.807, 2.05) is 12.4 Å². The second kappa shape index (κ2) is 7.21. The maximum Gasteiger partial charge on any atom is 0.0409 e. The Morgan fingerprint density at radius 1 is 0.967 bits per heavy atom. The molecular weight excluding hydrogens is 388 g/mol. The zero-order chi connectivity index (χ0) is 20.1. The predicted molar refractivity (Wildman–Crippen MR) is 122 cm³/mol. The van der Waals surface area contributed by atoms with Crippen molar-refractivity contribution >= 4 is 11.6 Å². The van der Waals surface area contributed by atoms with Gasteiger partial charge in [0.05, 0.1) is 0 Å². The fourth-order valence-corrected chi connectivity index (χ4v) is 6.57. The van der Waals surface area contributed by atoms with Gasteiger partial charge in [0.15, 0.2) is 0 Å². The maximum atomic E-state index is 6.47. The molecule has 2 nitrogen and oxygen atoms in total. The van der Waals surface area contributed by atoms with Gasteiger partial charge in [-0.15, -0.1) is 0 Å². The molecule has 0 N–H and O–H groups in total. The summed E-state index contributed by atoms with van der Waals surface area (Å²) < 4.78 is 0. The van der Waals surface area contributed by atoms with Crippen molar-refractivity contribution < 1.29 is 0 Å². The Bertz CT molecular complexity index is 1070. The number of benzene rings is 2. The molecule has 0 spiro atoms. The highest BCUT2D eigenvalue weighted by atomic mass is 35.5. The van der Waals surface area contributed by atoms with Crippen LogP contribution in [0.2, 0.25) is 5.02 Å². The highest BCUT2D eigenvalue weighted by Gasteiger charge is 2.53. The molecule has 3 heteroatoms. The van der Waals surface area contributed by atoms with Crippen LogP contribution < -0.4 is 0 Å². The summed E-state index contributed by atoms with van der Waals surface area (Å²) in [6.07, 6.45) is 8.81. The molecule has 3 aromatic rings. The summed E-state index contributed by atoms with van der Waals surface area (Å²) in [6.45, 7) is 3.50. The zero-order valence-electron chi connectivity index (χ0n) is 17.2. The Kier molecular flexibility index (Phi) is 4.47. The van der Waals surface area contributed by atoms with E-state index in [4.69, 9.17) is 11.6 Å². The molecule has 1 aromatic heterocycles. The van der Waals surface area contributed by atoms with Gasteiger partial charge in [-0.25, -0.2) is 0 Å². The highest BCUT2D eigenvalue weighted by Crippen LogP contribution is 2.60. The first-order chi connectivity index (χ1) is 14.7. The van der Waals surface area contributed by atoms with Crippen molar-refractivity contribution in [2.75, 3.05) is 19.6 Å². The molecule has 2 aromatic carbocycles. The van der Waals surface area contributed by atoms with E-state index in [9.17, 15) is 0 Å². The fourth-order valence-electron chi connectivity index (χ4n) is 6.40. The Morgan fingerprint density at radius 2 is 1.80 bits per heavy atom. The Hall–Kier alpha value is -2.16. The van der Waals surface area contributed by atoms with Crippen molar-refractivity contribution in [3.63, 3.8) is 0 Å². The van der Waals surface area contributed by atoms with E-state index < -0.39 is 0 Å². The van der Waals surface area contributed by atoms with E-state index in [0.717, 1.165) is 23.9 Å². The summed E-state index contributed by atoms with van der Waals surface area (Å²) >= 11 is 6.47. The van der Waals surface area contributed by atoms with Gasteiger partial charge < -0.3 is 4.90 Å². The van der Waals surface area contributed by atoms with E-state index in [0.29, 0.717) is 5.92 Å². The third-order valence-corrected chi connectivity index (χ3v) is 7.99. The largest absolute Gasteiger partial charge is 0.302 e. The molecule has 6 rings (SSSR count). The van der Waals surface area contributed by atoms with Crippen LogP contribution in [-0.4, -0.2) is 29.5 Å². The number of pyridine rings is 1. The Labute approximate surface area is 183 Å². The lowest BCUT2D eigenvalue weighted by molar-refractivity contribution is 0.158. The van der Waals surface area contributed by atoms with Crippen LogP contribution in [0, 0.1) is 5.92 Å². The van der Waals surface area contributed by atoms with Gasteiger partial charge in [0, 0.05) is 35.3 Å². The first kappa shape index (κ1) is 18.6. The third-order valence-electron chi connectivity index (χ3n) is 7.76. The van der Waals surface area contributed by atoms with Crippen LogP contribution in [0.5, 0.6) is 0 Å². The number of aromatic nitrogens is 1. The van der Waals surface area contributed by atoms with Crippen molar-refractivity contribution in [1.29, 1.82) is 0 Å². The molecule has 2 bridgehead atoms. The number of rotatable bonds is 4. The molecule has 2 atom stereocenters. The minimum atomic E-state index is 0.109. The van der Waals surface area contributed by atoms with Gasteiger partial charge in [0.25, 0.3) is 0 Å². The molecule has 0 radical (unpaired) electrons. The quantitative estimate of drug-likeness (QED) is 0.534. The Morgan fingerprint density at radius 3 is 2.63 bits per heavy atom. The average molecular weight is 415 g/mol. The normalized spacial score (nSPS) is 25.3. The molecule has 0 unspecified atom stereocenters. The molecule has 0 amide bonds. The van der Waals surface area contributed by atoms with Crippen LogP contribution >= 0.6 is 11.6 Å². The number of hydrogen-bond acceptors (Lipinski definition) is 2. The van der Waals surface area contributed by atoms with Gasteiger partial charge in [0.2, 0.25) is 0 Å². The monoisotopic (exact) mass is 414 g/mol. The van der Waals surface area contributed by atoms with Gasteiger partial charge in [0.1, 0.15) is 0 Å². The highest BCUT2D eigenvalue weighted by molar-refractivity contribution is 6.30. The molecule has 152 valence electrons. The molecule has 3 aliphatic rings. The van der Waals surface area contributed by atoms with Crippen LogP contribution in [0.1, 0.15) is 53.0 Å². The lowest BCUT2D eigenvalue weighted by atomic mass is 9.74. The van der Waals surface area contributed by atoms with E-state index in [-0.39, 0.29) is 5.41 Å². The SMILES string of the molecule is Clc1ccc2c(c1)[C@@]1(CN3CCC(Cc4cccnc4)CC3)C[C@H]2c2ccccc21. The molecular formula is C27H27ClN2. The fraction of sp³-hybridized carbons (Fsp3) is 0.370. The van der Waals surface area contributed by atoms with Crippen molar-refractivity contribution in [1.82, 2.24) is 9.88 Å². The average Bonchev–Trinajstić information content (AvgIpc) is 3.27. The Balaban J connectivity index is 1.24. The topological polar surface area (TPSA) is 16.1 Å². The van der Waals surface area contributed by atoms with Crippen molar-refractivity contribution in [3.8, 4) is 0 Å². The van der Waals surface area contributed by atoms with Crippen LogP contribution in [0.25, 0.3) is 0 Å². The van der Waals surface area contributed by atoms with Crippen molar-refractivity contribution in [2.45, 2.75) is 37.0 Å². The second-order valence-corrected chi connectivity index (χ2v) is 9.88. The van der Waals surface area contributed by atoms with Crippen molar-refractivity contribution in [3.05, 3.63) is 99.8 Å². The molecule has 1 saturated heterocycles. The van der Waals surface area contributed by atoms with Crippen LogP contribution in [0.3, 0.4) is 0 Å². The summed E-state index contributed by atoms with van der Waals surface area (Å²) in [5.41, 5.74) is 7.56. The van der Waals surface area contributed by atoms with Crippen LogP contribution in [0.15, 0.2) is 67.0 Å². The van der Waals surface area contributed by atoms with E-state index >= 15 is 0 Å². The first-order valence-corrected chi connectivity index (χ1v) is 11.6. The van der Waals surface area contributed by atoms with Crippen LogP contribution in [0.4, 0.5) is 0 Å². The number of likely N-dealkylation sites (tertiary alicyclic amines) is 1. The second-order valence-electron chi connectivity index (χ2n) is 9.44. The molecule has 1 fully saturated rings. The number of nitrogens with zero attached hydrogens (tertiary/aromatic N) is 2. The van der Waals surface area contributed by atoms with Crippen LogP contribution in [-0.2, 0) is 11.8 Å². The standard InChI is InChI=1S/C27H27ClN2/c28-21-7-8-23-24-16-27(26(23)15-21,25-6-2-1-5-22(24)25)18-30-12-9-19(10-13-30)14-20-4-3-11-29-17-20/h1-8,11,15,17,19,24H,9-10,12-14,16,18H2/t24-,27+/m0/s1. The molecule has 30 heavy (non-hydrogen) atoms. The molecule has 2 aliphatic carbocycles. The number of halogens is 1. The van der Waals surface area contributed by atoms with Gasteiger partial charge in [-0.05, 0) is 90.7 Å². The molecule has 2 heterocycles. The number of fused-ring (bicyclic) bond motifs is 8. The third kappa shape index (κ3) is 2.92. The lowest BCUT2D eigenvalue weighted by Gasteiger charge is -2.40. The lowest BCUT2D eigenvalue weighted by Crippen LogP contribution is -2.44. The van der Waals surface area contributed by atoms with Gasteiger partial charge in [-0.3, -0.25) is 4.98 Å². The minimum Gasteiger partial charge on any atom is -0.302 e. The summed E-state index contributed by atoms with van der Waals surface area (Å²) in [4.78, 5) is 7.00. The van der Waals surface area contributed by atoms with Gasteiger partial charge in [-0.2, -0.15) is 0 Å². The predicted octanol–water partition coefficient (Wildman–Crippen LogP) is 5.82. The zero-order valence-corrected chi connectivity index (χ0v) is 18.0. The summed E-state index contributed by atoms with van der Waals surface area (Å²) in [5.74, 6) is 1.31. The van der Waals surface area contributed by atoms with E-state index in [1.165, 1.54) is 49.0 Å². The van der Waals surface area contributed by atoms with Gasteiger partial charge >= 0.3 is 0 Å². The molecule has 1 aliphatic heterocycles. The summed E-state index contributed by atoms with van der Waals surface area (Å²) in [5, 5.41) is 0.869. The van der Waals surface area contributed by atoms with E-state index in [1.54, 1.807) is 11.1 Å².